The van der Waals surface area contributed by atoms with Crippen molar-refractivity contribution in [2.24, 2.45) is 5.73 Å². The van der Waals surface area contributed by atoms with Crippen molar-refractivity contribution in [1.82, 2.24) is 14.5 Å². The van der Waals surface area contributed by atoms with E-state index in [2.05, 4.69) is 22.8 Å². The average Bonchev–Trinajstić information content (AvgIpc) is 2.96. The molecule has 0 saturated carbocycles. The summed E-state index contributed by atoms with van der Waals surface area (Å²) in [5.41, 5.74) is 9.12. The highest BCUT2D eigenvalue weighted by Gasteiger charge is 2.21. The molecule has 1 amide bonds. The first-order valence-corrected chi connectivity index (χ1v) is 11.1. The van der Waals surface area contributed by atoms with Gasteiger partial charge in [0, 0.05) is 29.7 Å². The molecule has 0 bridgehead atoms. The first-order chi connectivity index (χ1) is 16.0. The van der Waals surface area contributed by atoms with Crippen LogP contribution in [0, 0.1) is 12.7 Å². The van der Waals surface area contributed by atoms with Crippen LogP contribution >= 0.6 is 0 Å². The fourth-order valence-electron chi connectivity index (χ4n) is 4.39. The average molecular weight is 445 g/mol. The molecule has 4 N–H and O–H groups in total. The third-order valence-electron chi connectivity index (χ3n) is 5.98. The zero-order chi connectivity index (χ0) is 22.9. The molecule has 0 atom stereocenters. The lowest BCUT2D eigenvalue weighted by Crippen LogP contribution is -2.14. The molecule has 2 aromatic heterocycles. The molecule has 0 aliphatic carbocycles. The molecule has 2 aromatic carbocycles. The van der Waals surface area contributed by atoms with Crippen molar-refractivity contribution >= 4 is 28.4 Å². The van der Waals surface area contributed by atoms with Gasteiger partial charge >= 0.3 is 0 Å². The van der Waals surface area contributed by atoms with E-state index in [1.165, 1.54) is 12.1 Å². The Morgan fingerprint density at radius 2 is 2.00 bits per heavy atom. The smallest absolute Gasteiger partial charge is 0.249 e. The predicted octanol–water partition coefficient (Wildman–Crippen LogP) is 4.33. The summed E-state index contributed by atoms with van der Waals surface area (Å²) in [7, 11) is 0. The topological polar surface area (TPSA) is 97.9 Å². The number of hydrogen-bond acceptors (Lipinski definition) is 5. The zero-order valence-electron chi connectivity index (χ0n) is 18.4. The van der Waals surface area contributed by atoms with E-state index in [0.29, 0.717) is 23.4 Å². The second kappa shape index (κ2) is 8.54. The summed E-state index contributed by atoms with van der Waals surface area (Å²) < 4.78 is 16.2. The fraction of sp³-hybridized carbons (Fsp3) is 0.240. The van der Waals surface area contributed by atoms with Crippen LogP contribution in [0.1, 0.15) is 40.0 Å². The van der Waals surface area contributed by atoms with E-state index in [0.717, 1.165) is 54.3 Å². The quantitative estimate of drug-likeness (QED) is 0.426. The molecule has 0 unspecified atom stereocenters. The summed E-state index contributed by atoms with van der Waals surface area (Å²) in [4.78, 5) is 21.6. The minimum Gasteiger partial charge on any atom is -0.370 e. The van der Waals surface area contributed by atoms with E-state index in [4.69, 9.17) is 15.7 Å². The highest BCUT2D eigenvalue weighted by atomic mass is 19.1. The lowest BCUT2D eigenvalue weighted by Gasteiger charge is -2.17. The highest BCUT2D eigenvalue weighted by molar-refractivity contribution is 6.06. The fourth-order valence-corrected chi connectivity index (χ4v) is 4.39. The molecule has 1 aliphatic rings. The van der Waals surface area contributed by atoms with Crippen LogP contribution in [0.3, 0.4) is 0 Å². The zero-order valence-corrected chi connectivity index (χ0v) is 18.4. The van der Waals surface area contributed by atoms with Crippen LogP contribution in [-0.2, 0) is 13.0 Å². The van der Waals surface area contributed by atoms with E-state index >= 15 is 0 Å². The van der Waals surface area contributed by atoms with E-state index in [9.17, 15) is 9.18 Å². The van der Waals surface area contributed by atoms with Crippen molar-refractivity contribution in [2.45, 2.75) is 32.7 Å². The van der Waals surface area contributed by atoms with Crippen molar-refractivity contribution in [3.63, 3.8) is 0 Å². The van der Waals surface area contributed by atoms with E-state index in [1.54, 1.807) is 4.57 Å². The number of nitrogens with zero attached hydrogens (tertiary/aromatic N) is 3. The number of benzene rings is 2. The van der Waals surface area contributed by atoms with Crippen molar-refractivity contribution in [3.05, 3.63) is 76.7 Å². The number of fused-ring (bicyclic) bond motifs is 2. The van der Waals surface area contributed by atoms with Gasteiger partial charge in [0.15, 0.2) is 0 Å². The SMILES string of the molecule is Cc1cc2c(C(N)=O)cc(F)cc2n1-c1nc2c(c(NCc3ccccc3)n1)CCCCN2. The second-order valence-corrected chi connectivity index (χ2v) is 8.29. The molecule has 0 spiro atoms. The summed E-state index contributed by atoms with van der Waals surface area (Å²) in [5, 5.41) is 7.47. The minimum atomic E-state index is -0.675. The van der Waals surface area contributed by atoms with Gasteiger partial charge in [0.05, 0.1) is 11.1 Å². The number of halogens is 1. The molecule has 8 heteroatoms. The standard InChI is InChI=1S/C25H25FN6O/c1-15-11-19-20(22(27)33)12-17(26)13-21(19)32(15)25-30-23-18(9-5-6-10-28-23)24(31-25)29-14-16-7-3-2-4-8-16/h2-4,7-8,11-13H,5-6,9-10,14H2,1H3,(H2,27,33)(H2,28,29,30,31). The van der Waals surface area contributed by atoms with Crippen molar-refractivity contribution in [2.75, 3.05) is 17.2 Å². The minimum absolute atomic E-state index is 0.141. The summed E-state index contributed by atoms with van der Waals surface area (Å²) in [6.45, 7) is 3.32. The van der Waals surface area contributed by atoms with Crippen LogP contribution in [0.5, 0.6) is 0 Å². The summed E-state index contributed by atoms with van der Waals surface area (Å²) in [6.07, 6.45) is 2.95. The molecule has 3 heterocycles. The molecular weight excluding hydrogens is 419 g/mol. The first kappa shape index (κ1) is 20.9. The Morgan fingerprint density at radius 1 is 1.18 bits per heavy atom. The maximum atomic E-state index is 14.4. The van der Waals surface area contributed by atoms with Gasteiger partial charge in [0.25, 0.3) is 0 Å². The number of hydrogen-bond donors (Lipinski definition) is 3. The van der Waals surface area contributed by atoms with Crippen LogP contribution in [0.25, 0.3) is 16.9 Å². The van der Waals surface area contributed by atoms with Gasteiger partial charge in [-0.15, -0.1) is 0 Å². The molecule has 0 radical (unpaired) electrons. The Hall–Kier alpha value is -3.94. The second-order valence-electron chi connectivity index (χ2n) is 8.29. The molecule has 0 saturated heterocycles. The number of nitrogens with two attached hydrogens (primary N) is 1. The molecule has 7 nitrogen and oxygen atoms in total. The number of anilines is 2. The van der Waals surface area contributed by atoms with Gasteiger partial charge in [-0.3, -0.25) is 9.36 Å². The van der Waals surface area contributed by atoms with Gasteiger partial charge in [-0.05, 0) is 49.9 Å². The van der Waals surface area contributed by atoms with E-state index in [-0.39, 0.29) is 5.56 Å². The largest absolute Gasteiger partial charge is 0.370 e. The number of nitrogens with one attached hydrogen (secondary N) is 2. The molecule has 0 fully saturated rings. The maximum Gasteiger partial charge on any atom is 0.249 e. The van der Waals surface area contributed by atoms with Gasteiger partial charge < -0.3 is 16.4 Å². The summed E-state index contributed by atoms with van der Waals surface area (Å²) in [5.74, 6) is 0.728. The molecule has 4 aromatic rings. The number of primary amides is 1. The van der Waals surface area contributed by atoms with E-state index < -0.39 is 11.7 Å². The van der Waals surface area contributed by atoms with Crippen LogP contribution in [0.15, 0.2) is 48.5 Å². The van der Waals surface area contributed by atoms with Crippen molar-refractivity contribution in [1.29, 1.82) is 0 Å². The first-order valence-electron chi connectivity index (χ1n) is 11.1. The molecule has 33 heavy (non-hydrogen) atoms. The van der Waals surface area contributed by atoms with Crippen molar-refractivity contribution in [3.8, 4) is 5.95 Å². The molecular formula is C25H25FN6O. The Kier molecular flexibility index (Phi) is 5.42. The molecule has 5 rings (SSSR count). The van der Waals surface area contributed by atoms with Gasteiger partial charge in [-0.25, -0.2) is 4.39 Å². The van der Waals surface area contributed by atoms with Gasteiger partial charge in [-0.1, -0.05) is 30.3 Å². The highest BCUT2D eigenvalue weighted by Crippen LogP contribution is 2.31. The Labute approximate surface area is 190 Å². The molecule has 168 valence electrons. The van der Waals surface area contributed by atoms with Crippen molar-refractivity contribution < 1.29 is 9.18 Å². The Bertz CT molecular complexity index is 1350. The number of amides is 1. The monoisotopic (exact) mass is 444 g/mol. The van der Waals surface area contributed by atoms with Gasteiger partial charge in [-0.2, -0.15) is 9.97 Å². The van der Waals surface area contributed by atoms with Crippen LogP contribution in [-0.4, -0.2) is 27.0 Å². The summed E-state index contributed by atoms with van der Waals surface area (Å²) in [6, 6.07) is 14.5. The van der Waals surface area contributed by atoms with E-state index in [1.807, 2.05) is 31.2 Å². The number of aryl methyl sites for hydroxylation is 1. The lowest BCUT2D eigenvalue weighted by atomic mass is 10.1. The summed E-state index contributed by atoms with van der Waals surface area (Å²) >= 11 is 0. The number of aromatic nitrogens is 3. The third kappa shape index (κ3) is 4.00. The van der Waals surface area contributed by atoms with Crippen LogP contribution in [0.4, 0.5) is 16.0 Å². The number of carbonyl (C=O) groups excluding carboxylic acids is 1. The van der Waals surface area contributed by atoms with Crippen LogP contribution in [0.2, 0.25) is 0 Å². The normalized spacial score (nSPS) is 13.3. The number of carbonyl (C=O) groups is 1. The number of rotatable bonds is 5. The Balaban J connectivity index is 1.66. The third-order valence-corrected chi connectivity index (χ3v) is 5.98. The van der Waals surface area contributed by atoms with Gasteiger partial charge in [0.2, 0.25) is 11.9 Å². The maximum absolute atomic E-state index is 14.4. The predicted molar refractivity (Wildman–Crippen MR) is 127 cm³/mol. The van der Waals surface area contributed by atoms with Gasteiger partial charge in [0.1, 0.15) is 17.5 Å². The van der Waals surface area contributed by atoms with Crippen LogP contribution < -0.4 is 16.4 Å². The molecule has 1 aliphatic heterocycles. The lowest BCUT2D eigenvalue weighted by molar-refractivity contribution is 0.100. The Morgan fingerprint density at radius 3 is 2.79 bits per heavy atom.